The third-order valence-corrected chi connectivity index (χ3v) is 11.6. The third kappa shape index (κ3) is 10.3. The van der Waals surface area contributed by atoms with E-state index in [-0.39, 0.29) is 0 Å². The highest BCUT2D eigenvalue weighted by molar-refractivity contribution is 8.00. The average Bonchev–Trinajstić information content (AvgIpc) is 3.08. The molecule has 2 N–H and O–H groups in total. The first-order valence-electron chi connectivity index (χ1n) is 14.0. The molecule has 0 spiro atoms. The molecule has 6 aromatic rings. The first-order valence-corrected chi connectivity index (χ1v) is 18.1. The minimum Gasteiger partial charge on any atom is -0.468 e. The van der Waals surface area contributed by atoms with Crippen molar-refractivity contribution >= 4 is 63.1 Å². The quantitative estimate of drug-likeness (QED) is 0.160. The van der Waals surface area contributed by atoms with Gasteiger partial charge in [0, 0.05) is 0 Å². The summed E-state index contributed by atoms with van der Waals surface area (Å²) in [6.45, 7) is 0. The van der Waals surface area contributed by atoms with Gasteiger partial charge in [0.15, 0.2) is 0 Å². The minimum absolute atomic E-state index is 0.446. The summed E-state index contributed by atoms with van der Waals surface area (Å²) in [6, 6.07) is 64.7. The molecule has 226 valence electrons. The summed E-state index contributed by atoms with van der Waals surface area (Å²) < 4.78 is 26.0. The monoisotopic (exact) mass is 650 g/mol. The molecule has 0 heterocycles. The molecule has 6 rings (SSSR count). The lowest BCUT2D eigenvalue weighted by Crippen LogP contribution is -2.20. The van der Waals surface area contributed by atoms with Crippen LogP contribution in [0.5, 0.6) is 0 Å². The molecule has 8 heteroatoms. The molecule has 0 fully saturated rings. The second-order valence-corrected chi connectivity index (χ2v) is 15.2. The number of hydrogen-bond donors (Lipinski definition) is 2. The molecule has 0 saturated heterocycles. The summed E-state index contributed by atoms with van der Waals surface area (Å²) in [5, 5.41) is 13.6. The summed E-state index contributed by atoms with van der Waals surface area (Å²) in [6.07, 6.45) is 0. The molecule has 0 unspecified atom stereocenters. The van der Waals surface area contributed by atoms with E-state index < -0.39 is 31.3 Å². The first kappa shape index (κ1) is 33.5. The van der Waals surface area contributed by atoms with Crippen LogP contribution in [0.1, 0.15) is 0 Å². The number of hydrogen-bond acceptors (Lipinski definition) is 3. The van der Waals surface area contributed by atoms with E-state index in [0.717, 1.165) is 0 Å². The maximum absolute atomic E-state index is 9.29. The smallest absolute Gasteiger partial charge is 0.449 e. The van der Waals surface area contributed by atoms with Crippen molar-refractivity contribution in [3.8, 4) is 0 Å². The Bertz CT molecular complexity index is 1520. The van der Waals surface area contributed by atoms with Crippen molar-refractivity contribution in [1.82, 2.24) is 0 Å². The van der Waals surface area contributed by atoms with Gasteiger partial charge in [-0.05, 0) is 47.7 Å². The van der Waals surface area contributed by atoms with Gasteiger partial charge in [0.25, 0.3) is 0 Å². The highest BCUT2D eigenvalue weighted by Gasteiger charge is 2.16. The second kappa shape index (κ2) is 17.2. The number of benzene rings is 6. The minimum atomic E-state index is -4.82. The predicted molar refractivity (Wildman–Crippen MR) is 190 cm³/mol. The van der Waals surface area contributed by atoms with Crippen molar-refractivity contribution in [1.29, 1.82) is 0 Å². The lowest BCUT2D eigenvalue weighted by molar-refractivity contribution is 0.216. The number of carboxylic acid groups (broad SMARTS) is 1. The summed E-state index contributed by atoms with van der Waals surface area (Å²) in [5.41, 5.74) is 0. The van der Waals surface area contributed by atoms with E-state index in [9.17, 15) is 13.2 Å². The summed E-state index contributed by atoms with van der Waals surface area (Å²) >= 11 is 0. The summed E-state index contributed by atoms with van der Waals surface area (Å²) in [7, 11) is -5.72. The average molecular weight is 651 g/mol. The van der Waals surface area contributed by atoms with Crippen molar-refractivity contribution in [2.45, 2.75) is 0 Å². The largest absolute Gasteiger partial charge is 0.468 e. The fourth-order valence-corrected chi connectivity index (χ4v) is 8.97. The van der Waals surface area contributed by atoms with Crippen LogP contribution in [0.15, 0.2) is 182 Å². The zero-order valence-electron chi connectivity index (χ0n) is 24.2. The van der Waals surface area contributed by atoms with Crippen molar-refractivity contribution in [3.05, 3.63) is 182 Å². The number of rotatable bonds is 6. The molecular formula is C37H32O5P2S. The van der Waals surface area contributed by atoms with Crippen LogP contribution < -0.4 is 31.8 Å². The molecule has 0 atom stereocenters. The third-order valence-electron chi connectivity index (χ3n) is 6.31. The molecular weight excluding hydrogens is 618 g/mol. The second-order valence-electron chi connectivity index (χ2n) is 9.43. The van der Waals surface area contributed by atoms with Gasteiger partial charge in [0.2, 0.25) is 0 Å². The molecule has 6 aromatic carbocycles. The van der Waals surface area contributed by atoms with E-state index in [2.05, 4.69) is 182 Å². The van der Waals surface area contributed by atoms with Crippen LogP contribution in [0.2, 0.25) is 0 Å². The van der Waals surface area contributed by atoms with Gasteiger partial charge in [-0.1, -0.05) is 182 Å². The van der Waals surface area contributed by atoms with Crippen LogP contribution in [0.3, 0.4) is 0 Å². The van der Waals surface area contributed by atoms with Gasteiger partial charge in [-0.25, -0.2) is 4.79 Å². The Hall–Kier alpha value is -4.44. The molecule has 0 aliphatic rings. The van der Waals surface area contributed by atoms with Crippen LogP contribution >= 0.6 is 15.8 Å². The molecule has 0 amide bonds. The van der Waals surface area contributed by atoms with E-state index in [1.165, 1.54) is 31.8 Å². The summed E-state index contributed by atoms with van der Waals surface area (Å²) in [5.74, 6) is 0. The molecule has 45 heavy (non-hydrogen) atoms. The Labute approximate surface area is 267 Å². The fraction of sp³-hybridized carbons (Fsp3) is 0. The normalized spacial score (nSPS) is 10.6. The highest BCUT2D eigenvalue weighted by atomic mass is 32.2. The molecule has 5 nitrogen and oxygen atoms in total. The zero-order chi connectivity index (χ0) is 31.9. The van der Waals surface area contributed by atoms with Crippen LogP contribution in [0.4, 0.5) is 4.79 Å². The molecule has 0 radical (unpaired) electrons. The molecule has 0 saturated carbocycles. The van der Waals surface area contributed by atoms with Crippen molar-refractivity contribution in [2.75, 3.05) is 0 Å². The zero-order valence-corrected chi connectivity index (χ0v) is 26.8. The Kier molecular flexibility index (Phi) is 12.8. The molecule has 0 aliphatic heterocycles. The first-order chi connectivity index (χ1) is 21.8. The Balaban J connectivity index is 0.000000170. The highest BCUT2D eigenvalue weighted by Crippen LogP contribution is 2.33. The lowest BCUT2D eigenvalue weighted by atomic mass is 10.4. The van der Waals surface area contributed by atoms with Gasteiger partial charge in [-0.2, -0.15) is 8.42 Å². The predicted octanol–water partition coefficient (Wildman–Crippen LogP) is 6.44. The van der Waals surface area contributed by atoms with Crippen LogP contribution in [0, 0.1) is 0 Å². The van der Waals surface area contributed by atoms with Crippen LogP contribution in [-0.4, -0.2) is 23.4 Å². The van der Waals surface area contributed by atoms with Crippen molar-refractivity contribution < 1.29 is 22.9 Å². The van der Waals surface area contributed by atoms with E-state index in [1.54, 1.807) is 0 Å². The van der Waals surface area contributed by atoms with Gasteiger partial charge in [0.05, 0.1) is 0 Å². The van der Waals surface area contributed by atoms with Crippen molar-refractivity contribution in [2.24, 2.45) is 0 Å². The van der Waals surface area contributed by atoms with Gasteiger partial charge in [-0.15, -0.1) is 0 Å². The van der Waals surface area contributed by atoms with Gasteiger partial charge in [0.1, 0.15) is 0 Å². The summed E-state index contributed by atoms with van der Waals surface area (Å²) in [4.78, 5) is 9.18. The van der Waals surface area contributed by atoms with E-state index in [4.69, 9.17) is 9.66 Å². The van der Waals surface area contributed by atoms with Crippen molar-refractivity contribution in [3.63, 3.8) is 0 Å². The maximum atomic E-state index is 9.29. The fourth-order valence-electron chi connectivity index (χ4n) is 4.36. The van der Waals surface area contributed by atoms with Gasteiger partial charge in [-0.3, -0.25) is 4.55 Å². The SMILES string of the molecule is O=C(O)S(=O)(=O)O.c1ccc(P(c2ccccc2)c2ccccc2)cc1.c1ccc(P(c2ccccc2)c2ccccc2)cc1. The standard InChI is InChI=1S/2C18H15P.CH2O5S/c2*1-4-10-16(11-5-1)19(17-12-6-2-7-13-17)18-14-8-3-9-15-18;2-1(3)7(4,5)6/h2*1-15H;(H,2,3)(H,4,5,6). The molecule has 0 bridgehead atoms. The lowest BCUT2D eigenvalue weighted by Gasteiger charge is -2.18. The maximum Gasteiger partial charge on any atom is 0.449 e. The Morgan fingerprint density at radius 2 is 0.511 bits per heavy atom. The van der Waals surface area contributed by atoms with Gasteiger partial charge < -0.3 is 5.11 Å². The molecule has 0 aliphatic carbocycles. The van der Waals surface area contributed by atoms with E-state index in [1.807, 2.05) is 0 Å². The van der Waals surface area contributed by atoms with Crippen LogP contribution in [-0.2, 0) is 10.1 Å². The van der Waals surface area contributed by atoms with E-state index >= 15 is 0 Å². The van der Waals surface area contributed by atoms with Gasteiger partial charge >= 0.3 is 15.4 Å². The Morgan fingerprint density at radius 1 is 0.378 bits per heavy atom. The topological polar surface area (TPSA) is 91.7 Å². The van der Waals surface area contributed by atoms with Crippen LogP contribution in [0.25, 0.3) is 0 Å². The Morgan fingerprint density at radius 3 is 0.622 bits per heavy atom. The molecule has 0 aromatic heterocycles. The van der Waals surface area contributed by atoms with E-state index in [0.29, 0.717) is 0 Å². The number of carbonyl (C=O) groups is 1.